The van der Waals surface area contributed by atoms with Crippen LogP contribution in [0, 0.1) is 0 Å². The van der Waals surface area contributed by atoms with Crippen molar-refractivity contribution in [2.75, 3.05) is 19.8 Å². The van der Waals surface area contributed by atoms with E-state index in [0.717, 1.165) is 0 Å². The molecule has 1 amide bonds. The van der Waals surface area contributed by atoms with Crippen molar-refractivity contribution >= 4 is 40.7 Å². The third-order valence-electron chi connectivity index (χ3n) is 4.12. The largest absolute Gasteiger partial charge is 0.461 e. The van der Waals surface area contributed by atoms with Crippen molar-refractivity contribution in [2.24, 2.45) is 0 Å². The number of ether oxygens (including phenoxy) is 3. The lowest BCUT2D eigenvalue weighted by atomic mass is 10.2. The van der Waals surface area contributed by atoms with E-state index in [1.54, 1.807) is 52.2 Å². The zero-order chi connectivity index (χ0) is 23.3. The van der Waals surface area contributed by atoms with Gasteiger partial charge in [0.15, 0.2) is 5.69 Å². The van der Waals surface area contributed by atoms with Gasteiger partial charge < -0.3 is 24.1 Å². The molecule has 0 fully saturated rings. The van der Waals surface area contributed by atoms with Gasteiger partial charge in [0.25, 0.3) is 0 Å². The molecule has 1 N–H and O–H groups in total. The molecule has 0 bridgehead atoms. The minimum Gasteiger partial charge on any atom is -0.461 e. The molecule has 0 unspecified atom stereocenters. The van der Waals surface area contributed by atoms with Crippen LogP contribution in [-0.4, -0.2) is 52.9 Å². The number of hydrogen-bond donors (Lipinski definition) is 1. The summed E-state index contributed by atoms with van der Waals surface area (Å²) in [6.45, 7) is 10.9. The normalized spacial score (nSPS) is 12.4. The Morgan fingerprint density at radius 3 is 2.32 bits per heavy atom. The summed E-state index contributed by atoms with van der Waals surface area (Å²) in [6.07, 6.45) is -0.597. The summed E-state index contributed by atoms with van der Waals surface area (Å²) in [6, 6.07) is 2.62. The van der Waals surface area contributed by atoms with Crippen LogP contribution in [0.25, 0.3) is 11.0 Å². The predicted molar refractivity (Wildman–Crippen MR) is 116 cm³/mol. The van der Waals surface area contributed by atoms with Crippen LogP contribution in [0.15, 0.2) is 12.1 Å². The number of carbonyl (C=O) groups is 3. The summed E-state index contributed by atoms with van der Waals surface area (Å²) >= 11 is 6.49. The van der Waals surface area contributed by atoms with E-state index >= 15 is 0 Å². The van der Waals surface area contributed by atoms with E-state index in [1.165, 1.54) is 6.07 Å². The first kappa shape index (κ1) is 24.5. The van der Waals surface area contributed by atoms with Gasteiger partial charge in [-0.05, 0) is 53.7 Å². The van der Waals surface area contributed by atoms with Crippen molar-refractivity contribution in [2.45, 2.75) is 53.2 Å². The van der Waals surface area contributed by atoms with E-state index in [4.69, 9.17) is 25.8 Å². The average Bonchev–Trinajstić information content (AvgIpc) is 2.97. The number of amides is 1. The molecule has 9 nitrogen and oxygen atoms in total. The standard InChI is InChI=1S/C21H28ClN3O6/c1-7-29-18(26)14-10-9-13-15(22)16(19(27)30-8-2)25(17(13)24-14)12(3)11-23-20(28)31-21(4,5)6/h9-10,12H,7-8,11H2,1-6H3,(H,23,28)/t12-/m1/s1. The van der Waals surface area contributed by atoms with Crippen LogP contribution in [0.1, 0.15) is 68.6 Å². The minimum atomic E-state index is -0.650. The van der Waals surface area contributed by atoms with Gasteiger partial charge in [-0.2, -0.15) is 0 Å². The fourth-order valence-corrected chi connectivity index (χ4v) is 3.23. The highest BCUT2D eigenvalue weighted by molar-refractivity contribution is 6.38. The number of pyridine rings is 1. The van der Waals surface area contributed by atoms with Crippen LogP contribution in [0.4, 0.5) is 4.79 Å². The lowest BCUT2D eigenvalue weighted by Crippen LogP contribution is -2.35. The molecule has 0 saturated carbocycles. The topological polar surface area (TPSA) is 109 Å². The molecule has 2 aromatic rings. The van der Waals surface area contributed by atoms with Crippen LogP contribution < -0.4 is 5.32 Å². The molecule has 2 aromatic heterocycles. The van der Waals surface area contributed by atoms with E-state index in [0.29, 0.717) is 11.0 Å². The SMILES string of the molecule is CCOC(=O)c1ccc2c(Cl)c(C(=O)OCC)n([C@H](C)CNC(=O)OC(C)(C)C)c2n1. The van der Waals surface area contributed by atoms with E-state index in [9.17, 15) is 14.4 Å². The lowest BCUT2D eigenvalue weighted by molar-refractivity contribution is 0.0504. The number of esters is 2. The van der Waals surface area contributed by atoms with Crippen molar-refractivity contribution in [1.29, 1.82) is 0 Å². The molecule has 0 aliphatic carbocycles. The minimum absolute atomic E-state index is 0.0764. The Labute approximate surface area is 186 Å². The molecule has 0 aliphatic heterocycles. The summed E-state index contributed by atoms with van der Waals surface area (Å²) in [5.41, 5.74) is -0.182. The molecule has 0 aliphatic rings. The van der Waals surface area contributed by atoms with Crippen LogP contribution in [-0.2, 0) is 14.2 Å². The molecule has 2 rings (SSSR count). The Bertz CT molecular complexity index is 980. The summed E-state index contributed by atoms with van der Waals surface area (Å²) in [5.74, 6) is -1.22. The average molecular weight is 454 g/mol. The van der Waals surface area contributed by atoms with Crippen molar-refractivity contribution in [3.63, 3.8) is 0 Å². The first-order valence-corrected chi connectivity index (χ1v) is 10.4. The smallest absolute Gasteiger partial charge is 0.407 e. The van der Waals surface area contributed by atoms with Crippen LogP contribution in [0.3, 0.4) is 0 Å². The molecule has 2 heterocycles. The maximum absolute atomic E-state index is 12.6. The molecule has 10 heteroatoms. The Kier molecular flexibility index (Phi) is 7.89. The summed E-state index contributed by atoms with van der Waals surface area (Å²) in [4.78, 5) is 41.2. The van der Waals surface area contributed by atoms with Crippen molar-refractivity contribution < 1.29 is 28.6 Å². The lowest BCUT2D eigenvalue weighted by Gasteiger charge is -2.22. The van der Waals surface area contributed by atoms with Gasteiger partial charge in [-0.3, -0.25) is 0 Å². The number of alkyl carbamates (subject to hydrolysis) is 1. The molecule has 1 atom stereocenters. The number of aromatic nitrogens is 2. The zero-order valence-corrected chi connectivity index (χ0v) is 19.3. The van der Waals surface area contributed by atoms with E-state index in [2.05, 4.69) is 10.3 Å². The molecule has 0 radical (unpaired) electrons. The highest BCUT2D eigenvalue weighted by Gasteiger charge is 2.28. The molecule has 31 heavy (non-hydrogen) atoms. The fraction of sp³-hybridized carbons (Fsp3) is 0.524. The molecule has 0 spiro atoms. The number of fused-ring (bicyclic) bond motifs is 1. The Morgan fingerprint density at radius 1 is 1.13 bits per heavy atom. The van der Waals surface area contributed by atoms with Gasteiger partial charge in [-0.1, -0.05) is 11.6 Å². The van der Waals surface area contributed by atoms with Gasteiger partial charge in [0, 0.05) is 11.9 Å². The van der Waals surface area contributed by atoms with E-state index in [1.807, 2.05) is 0 Å². The van der Waals surface area contributed by atoms with Gasteiger partial charge in [0.2, 0.25) is 0 Å². The highest BCUT2D eigenvalue weighted by Crippen LogP contribution is 2.33. The fourth-order valence-electron chi connectivity index (χ4n) is 2.91. The number of carbonyl (C=O) groups excluding carboxylic acids is 3. The van der Waals surface area contributed by atoms with Gasteiger partial charge in [-0.15, -0.1) is 0 Å². The number of nitrogens with one attached hydrogen (secondary N) is 1. The summed E-state index contributed by atoms with van der Waals surface area (Å²) in [5, 5.41) is 3.30. The Hall–Kier alpha value is -2.81. The highest BCUT2D eigenvalue weighted by atomic mass is 35.5. The van der Waals surface area contributed by atoms with Gasteiger partial charge in [0.05, 0.1) is 24.3 Å². The van der Waals surface area contributed by atoms with E-state index < -0.39 is 29.7 Å². The molecule has 0 aromatic carbocycles. The maximum Gasteiger partial charge on any atom is 0.407 e. The number of nitrogens with zero attached hydrogens (tertiary/aromatic N) is 2. The van der Waals surface area contributed by atoms with Crippen molar-refractivity contribution in [3.05, 3.63) is 28.5 Å². The maximum atomic E-state index is 12.6. The molecule has 0 saturated heterocycles. The summed E-state index contributed by atoms with van der Waals surface area (Å²) in [7, 11) is 0. The van der Waals surface area contributed by atoms with Gasteiger partial charge >= 0.3 is 18.0 Å². The molecule has 170 valence electrons. The van der Waals surface area contributed by atoms with Crippen LogP contribution >= 0.6 is 11.6 Å². The third kappa shape index (κ3) is 5.88. The second-order valence-electron chi connectivity index (χ2n) is 7.77. The second-order valence-corrected chi connectivity index (χ2v) is 8.15. The predicted octanol–water partition coefficient (Wildman–Crippen LogP) is 4.13. The third-order valence-corrected chi connectivity index (χ3v) is 4.51. The second kappa shape index (κ2) is 10.00. The number of halogens is 1. The Morgan fingerprint density at radius 2 is 1.74 bits per heavy atom. The van der Waals surface area contributed by atoms with Crippen LogP contribution in [0.2, 0.25) is 5.02 Å². The van der Waals surface area contributed by atoms with Gasteiger partial charge in [-0.25, -0.2) is 19.4 Å². The number of rotatable bonds is 7. The quantitative estimate of drug-likeness (QED) is 0.495. The number of hydrogen-bond acceptors (Lipinski definition) is 7. The van der Waals surface area contributed by atoms with E-state index in [-0.39, 0.29) is 36.2 Å². The first-order valence-electron chi connectivity index (χ1n) is 10.0. The zero-order valence-electron chi connectivity index (χ0n) is 18.6. The summed E-state index contributed by atoms with van der Waals surface area (Å²) < 4.78 is 17.0. The van der Waals surface area contributed by atoms with Crippen molar-refractivity contribution in [3.8, 4) is 0 Å². The Balaban J connectivity index is 2.49. The van der Waals surface area contributed by atoms with Crippen molar-refractivity contribution in [1.82, 2.24) is 14.9 Å². The molecular weight excluding hydrogens is 426 g/mol. The van der Waals surface area contributed by atoms with Crippen LogP contribution in [0.5, 0.6) is 0 Å². The first-order chi connectivity index (χ1) is 14.5. The van der Waals surface area contributed by atoms with Gasteiger partial charge in [0.1, 0.15) is 16.9 Å². The monoisotopic (exact) mass is 453 g/mol. The molecular formula is C21H28ClN3O6.